The minimum absolute atomic E-state index is 0.238. The van der Waals surface area contributed by atoms with Gasteiger partial charge in [0.25, 0.3) is 10.2 Å². The van der Waals surface area contributed by atoms with Crippen molar-refractivity contribution in [2.75, 3.05) is 14.1 Å². The summed E-state index contributed by atoms with van der Waals surface area (Å²) >= 11 is 0. The molecule has 0 radical (unpaired) electrons. The molecule has 1 unspecified atom stereocenters. The van der Waals surface area contributed by atoms with Gasteiger partial charge in [-0.05, 0) is 36.3 Å². The van der Waals surface area contributed by atoms with Crippen LogP contribution in [-0.2, 0) is 16.8 Å². The first-order valence-corrected chi connectivity index (χ1v) is 10.5. The number of hydrogen-bond donors (Lipinski definition) is 0. The van der Waals surface area contributed by atoms with Crippen molar-refractivity contribution < 1.29 is 8.42 Å². The smallest absolute Gasteiger partial charge is 0.195 e. The topological polar surface area (TPSA) is 40.6 Å². The SMILES string of the molecule is CC1CC2(CCCCCC2)N(S(=O)(=O)N(C)C)Cc2ccccc21. The maximum atomic E-state index is 13.2. The molecule has 1 spiro atoms. The molecule has 0 aromatic heterocycles. The number of benzene rings is 1. The zero-order valence-electron chi connectivity index (χ0n) is 15.2. The summed E-state index contributed by atoms with van der Waals surface area (Å²) in [4.78, 5) is 0. The van der Waals surface area contributed by atoms with Gasteiger partial charge in [0.2, 0.25) is 0 Å². The van der Waals surface area contributed by atoms with Gasteiger partial charge < -0.3 is 0 Å². The molecule has 0 saturated heterocycles. The summed E-state index contributed by atoms with van der Waals surface area (Å²) in [6.07, 6.45) is 7.59. The molecule has 1 saturated carbocycles. The Morgan fingerprint density at radius 1 is 1.08 bits per heavy atom. The van der Waals surface area contributed by atoms with Crippen molar-refractivity contribution in [3.8, 4) is 0 Å². The normalized spacial score (nSPS) is 25.2. The molecule has 1 aromatic rings. The largest absolute Gasteiger partial charge is 0.282 e. The predicted molar refractivity (Wildman–Crippen MR) is 98.1 cm³/mol. The molecule has 1 heterocycles. The fourth-order valence-corrected chi connectivity index (χ4v) is 6.07. The highest BCUT2D eigenvalue weighted by molar-refractivity contribution is 7.86. The quantitative estimate of drug-likeness (QED) is 0.812. The Bertz CT molecular complexity index is 676. The van der Waals surface area contributed by atoms with Crippen LogP contribution in [0.5, 0.6) is 0 Å². The van der Waals surface area contributed by atoms with Gasteiger partial charge in [-0.3, -0.25) is 0 Å². The van der Waals surface area contributed by atoms with Gasteiger partial charge in [-0.15, -0.1) is 0 Å². The summed E-state index contributed by atoms with van der Waals surface area (Å²) in [7, 11) is -0.141. The van der Waals surface area contributed by atoms with E-state index in [4.69, 9.17) is 0 Å². The third kappa shape index (κ3) is 3.14. The lowest BCUT2D eigenvalue weighted by Crippen LogP contribution is -2.54. The zero-order chi connectivity index (χ0) is 17.4. The molecular weight excluding hydrogens is 320 g/mol. The van der Waals surface area contributed by atoms with E-state index in [-0.39, 0.29) is 5.54 Å². The molecule has 0 N–H and O–H groups in total. The van der Waals surface area contributed by atoms with E-state index in [1.807, 2.05) is 10.4 Å². The number of nitrogens with zero attached hydrogens (tertiary/aromatic N) is 2. The molecule has 1 aliphatic heterocycles. The maximum absolute atomic E-state index is 13.2. The Hall–Kier alpha value is -0.910. The molecule has 3 rings (SSSR count). The van der Waals surface area contributed by atoms with Crippen LogP contribution in [0.2, 0.25) is 0 Å². The zero-order valence-corrected chi connectivity index (χ0v) is 16.0. The number of rotatable bonds is 2. The van der Waals surface area contributed by atoms with Crippen molar-refractivity contribution in [3.05, 3.63) is 35.4 Å². The molecule has 134 valence electrons. The van der Waals surface area contributed by atoms with Crippen molar-refractivity contribution in [2.45, 2.75) is 69.9 Å². The van der Waals surface area contributed by atoms with Crippen molar-refractivity contribution in [1.82, 2.24) is 8.61 Å². The van der Waals surface area contributed by atoms with Gasteiger partial charge in [-0.2, -0.15) is 17.0 Å². The number of hydrogen-bond acceptors (Lipinski definition) is 2. The average Bonchev–Trinajstić information content (AvgIpc) is 2.84. The van der Waals surface area contributed by atoms with Gasteiger partial charge >= 0.3 is 0 Å². The second-order valence-electron chi connectivity index (χ2n) is 7.74. The molecule has 24 heavy (non-hydrogen) atoms. The third-order valence-electron chi connectivity index (χ3n) is 5.89. The first kappa shape index (κ1) is 17.9. The molecule has 5 heteroatoms. The van der Waals surface area contributed by atoms with E-state index >= 15 is 0 Å². The monoisotopic (exact) mass is 350 g/mol. The van der Waals surface area contributed by atoms with Gasteiger partial charge in [0.15, 0.2) is 0 Å². The highest BCUT2D eigenvalue weighted by Gasteiger charge is 2.47. The lowest BCUT2D eigenvalue weighted by Gasteiger charge is -2.43. The molecule has 0 amide bonds. The lowest BCUT2D eigenvalue weighted by molar-refractivity contribution is 0.134. The van der Waals surface area contributed by atoms with Crippen LogP contribution in [-0.4, -0.2) is 36.7 Å². The van der Waals surface area contributed by atoms with Gasteiger partial charge in [0.1, 0.15) is 0 Å². The van der Waals surface area contributed by atoms with Crippen molar-refractivity contribution in [1.29, 1.82) is 0 Å². The molecule has 1 fully saturated rings. The van der Waals surface area contributed by atoms with E-state index in [2.05, 4.69) is 25.1 Å². The number of fused-ring (bicyclic) bond motifs is 1. The Kier molecular flexibility index (Phi) is 5.05. The van der Waals surface area contributed by atoms with Crippen LogP contribution in [0.4, 0.5) is 0 Å². The van der Waals surface area contributed by atoms with Gasteiger partial charge in [-0.1, -0.05) is 56.9 Å². The van der Waals surface area contributed by atoms with Gasteiger partial charge in [0, 0.05) is 26.2 Å². The predicted octanol–water partition coefficient (Wildman–Crippen LogP) is 3.90. The average molecular weight is 351 g/mol. The highest BCUT2D eigenvalue weighted by atomic mass is 32.2. The molecule has 2 aliphatic rings. The summed E-state index contributed by atoms with van der Waals surface area (Å²) in [5.41, 5.74) is 2.24. The Morgan fingerprint density at radius 3 is 2.33 bits per heavy atom. The van der Waals surface area contributed by atoms with E-state index in [9.17, 15) is 8.42 Å². The second-order valence-corrected chi connectivity index (χ2v) is 9.81. The standard InChI is InChI=1S/C19H30N2O2S/c1-16-14-19(12-8-4-5-9-13-19)21(24(22,23)20(2)3)15-17-10-6-7-11-18(16)17/h6-7,10-11,16H,4-5,8-9,12-15H2,1-3H3. The van der Waals surface area contributed by atoms with Gasteiger partial charge in [-0.25, -0.2) is 0 Å². The van der Waals surface area contributed by atoms with Crippen LogP contribution in [0, 0.1) is 0 Å². The second kappa shape index (κ2) is 6.77. The fourth-order valence-electron chi connectivity index (χ4n) is 4.63. The Balaban J connectivity index is 2.12. The van der Waals surface area contributed by atoms with Gasteiger partial charge in [0.05, 0.1) is 0 Å². The molecular formula is C19H30N2O2S. The van der Waals surface area contributed by atoms with Crippen LogP contribution in [0.3, 0.4) is 0 Å². The molecule has 1 atom stereocenters. The molecule has 1 aliphatic carbocycles. The van der Waals surface area contributed by atoms with Crippen molar-refractivity contribution in [3.63, 3.8) is 0 Å². The first-order valence-electron chi connectivity index (χ1n) is 9.15. The van der Waals surface area contributed by atoms with Crippen LogP contribution in [0.15, 0.2) is 24.3 Å². The van der Waals surface area contributed by atoms with Crippen molar-refractivity contribution >= 4 is 10.2 Å². The summed E-state index contributed by atoms with van der Waals surface area (Å²) in [5, 5.41) is 0. The Morgan fingerprint density at radius 2 is 1.71 bits per heavy atom. The van der Waals surface area contributed by atoms with E-state index in [0.717, 1.165) is 37.7 Å². The van der Waals surface area contributed by atoms with E-state index in [1.54, 1.807) is 14.1 Å². The lowest BCUT2D eigenvalue weighted by atomic mass is 9.80. The summed E-state index contributed by atoms with van der Waals surface area (Å²) in [6, 6.07) is 8.37. The third-order valence-corrected chi connectivity index (χ3v) is 7.89. The minimum Gasteiger partial charge on any atom is -0.195 e. The van der Waals surface area contributed by atoms with E-state index < -0.39 is 10.2 Å². The van der Waals surface area contributed by atoms with E-state index in [1.165, 1.54) is 22.7 Å². The summed E-state index contributed by atoms with van der Waals surface area (Å²) in [6.45, 7) is 2.76. The van der Waals surface area contributed by atoms with Crippen LogP contribution < -0.4 is 0 Å². The summed E-state index contributed by atoms with van der Waals surface area (Å²) in [5.74, 6) is 0.390. The maximum Gasteiger partial charge on any atom is 0.282 e. The van der Waals surface area contributed by atoms with Crippen molar-refractivity contribution in [2.24, 2.45) is 0 Å². The molecule has 1 aromatic carbocycles. The fraction of sp³-hybridized carbons (Fsp3) is 0.684. The van der Waals surface area contributed by atoms with Crippen LogP contribution in [0.1, 0.15) is 68.9 Å². The van der Waals surface area contributed by atoms with Crippen LogP contribution >= 0.6 is 0 Å². The van der Waals surface area contributed by atoms with Crippen LogP contribution in [0.25, 0.3) is 0 Å². The highest BCUT2D eigenvalue weighted by Crippen LogP contribution is 2.45. The first-order chi connectivity index (χ1) is 11.4. The minimum atomic E-state index is -3.45. The molecule has 0 bridgehead atoms. The Labute approximate surface area is 147 Å². The van der Waals surface area contributed by atoms with E-state index in [0.29, 0.717) is 12.5 Å². The molecule has 4 nitrogen and oxygen atoms in total. The summed E-state index contributed by atoms with van der Waals surface area (Å²) < 4.78 is 29.6.